The first-order valence-corrected chi connectivity index (χ1v) is 5.53. The highest BCUT2D eigenvalue weighted by Gasteiger charge is 2.04. The molecule has 0 spiro atoms. The molecule has 0 unspecified atom stereocenters. The third-order valence-corrected chi connectivity index (χ3v) is 2.45. The van der Waals surface area contributed by atoms with Crippen molar-refractivity contribution in [2.45, 2.75) is 13.5 Å². The third kappa shape index (κ3) is 3.17. The van der Waals surface area contributed by atoms with E-state index in [1.807, 2.05) is 6.92 Å². The molecule has 0 aliphatic carbocycles. The molecular weight excluding hydrogens is 241 g/mol. The Kier molecular flexibility index (Phi) is 3.59. The predicted octanol–water partition coefficient (Wildman–Crippen LogP) is 3.76. The molecule has 0 aliphatic heterocycles. The van der Waals surface area contributed by atoms with E-state index in [0.29, 0.717) is 10.8 Å². The molecule has 0 saturated carbocycles. The van der Waals surface area contributed by atoms with Crippen LogP contribution in [-0.4, -0.2) is 4.98 Å². The Balaban J connectivity index is 2.09. The van der Waals surface area contributed by atoms with Crippen LogP contribution in [0.1, 0.15) is 11.3 Å². The molecular formula is C13H11ClFNO. The molecule has 0 saturated heterocycles. The largest absolute Gasteiger partial charge is 0.484 e. The average molecular weight is 252 g/mol. The second kappa shape index (κ2) is 5.15. The van der Waals surface area contributed by atoms with Gasteiger partial charge in [0.15, 0.2) is 11.6 Å². The molecule has 0 amide bonds. The molecule has 88 valence electrons. The van der Waals surface area contributed by atoms with E-state index in [1.165, 1.54) is 6.07 Å². The average Bonchev–Trinajstić information content (AvgIpc) is 2.30. The number of aryl methyl sites for hydroxylation is 1. The SMILES string of the molecule is Cc1ccc(F)c(OCc2cccc(Cl)n2)c1. The highest BCUT2D eigenvalue weighted by Crippen LogP contribution is 2.19. The molecule has 1 aromatic heterocycles. The van der Waals surface area contributed by atoms with Crippen LogP contribution in [0.25, 0.3) is 0 Å². The molecule has 0 N–H and O–H groups in total. The number of halogens is 2. The summed E-state index contributed by atoms with van der Waals surface area (Å²) in [7, 11) is 0. The predicted molar refractivity (Wildman–Crippen MR) is 64.7 cm³/mol. The van der Waals surface area contributed by atoms with Crippen molar-refractivity contribution in [3.63, 3.8) is 0 Å². The van der Waals surface area contributed by atoms with Crippen molar-refractivity contribution in [2.75, 3.05) is 0 Å². The van der Waals surface area contributed by atoms with Gasteiger partial charge in [-0.25, -0.2) is 9.37 Å². The smallest absolute Gasteiger partial charge is 0.165 e. The van der Waals surface area contributed by atoms with Crippen molar-refractivity contribution < 1.29 is 9.13 Å². The quantitative estimate of drug-likeness (QED) is 0.775. The zero-order valence-corrected chi connectivity index (χ0v) is 10.0. The first-order valence-electron chi connectivity index (χ1n) is 5.15. The van der Waals surface area contributed by atoms with Crippen molar-refractivity contribution in [1.29, 1.82) is 0 Å². The van der Waals surface area contributed by atoms with Gasteiger partial charge in [0, 0.05) is 0 Å². The van der Waals surface area contributed by atoms with E-state index in [2.05, 4.69) is 4.98 Å². The molecule has 0 bridgehead atoms. The minimum atomic E-state index is -0.377. The molecule has 2 aromatic rings. The topological polar surface area (TPSA) is 22.1 Å². The molecule has 0 radical (unpaired) electrons. The summed E-state index contributed by atoms with van der Waals surface area (Å²) in [6.07, 6.45) is 0. The van der Waals surface area contributed by atoms with Crippen LogP contribution in [0.2, 0.25) is 5.15 Å². The standard InChI is InChI=1S/C13H11ClFNO/c1-9-5-6-11(15)12(7-9)17-8-10-3-2-4-13(14)16-10/h2-7H,8H2,1H3. The van der Waals surface area contributed by atoms with Gasteiger partial charge in [0.2, 0.25) is 0 Å². The summed E-state index contributed by atoms with van der Waals surface area (Å²) in [4.78, 5) is 4.06. The minimum absolute atomic E-state index is 0.195. The normalized spacial score (nSPS) is 10.3. The summed E-state index contributed by atoms with van der Waals surface area (Å²) in [6.45, 7) is 2.07. The Morgan fingerprint density at radius 1 is 1.29 bits per heavy atom. The van der Waals surface area contributed by atoms with Crippen LogP contribution >= 0.6 is 11.6 Å². The van der Waals surface area contributed by atoms with Crippen molar-refractivity contribution >= 4 is 11.6 Å². The zero-order valence-electron chi connectivity index (χ0n) is 9.28. The van der Waals surface area contributed by atoms with Crippen LogP contribution in [-0.2, 0) is 6.61 Å². The van der Waals surface area contributed by atoms with Gasteiger partial charge in [-0.3, -0.25) is 0 Å². The van der Waals surface area contributed by atoms with Gasteiger partial charge < -0.3 is 4.74 Å². The maximum absolute atomic E-state index is 13.4. The lowest BCUT2D eigenvalue weighted by Crippen LogP contribution is -2.00. The molecule has 2 rings (SSSR count). The van der Waals surface area contributed by atoms with Gasteiger partial charge in [0.05, 0.1) is 5.69 Å². The molecule has 0 aliphatic rings. The third-order valence-electron chi connectivity index (χ3n) is 2.24. The Labute approximate surface area is 104 Å². The highest BCUT2D eigenvalue weighted by atomic mass is 35.5. The van der Waals surface area contributed by atoms with Crippen molar-refractivity contribution in [2.24, 2.45) is 0 Å². The molecule has 17 heavy (non-hydrogen) atoms. The molecule has 4 heteroatoms. The van der Waals surface area contributed by atoms with Crippen LogP contribution in [0.15, 0.2) is 36.4 Å². The van der Waals surface area contributed by atoms with Gasteiger partial charge >= 0.3 is 0 Å². The summed E-state index contributed by atoms with van der Waals surface area (Å²) in [5.41, 5.74) is 1.61. The molecule has 0 fully saturated rings. The van der Waals surface area contributed by atoms with E-state index in [4.69, 9.17) is 16.3 Å². The van der Waals surface area contributed by atoms with Crippen LogP contribution < -0.4 is 4.74 Å². The lowest BCUT2D eigenvalue weighted by atomic mass is 10.2. The fourth-order valence-corrected chi connectivity index (χ4v) is 1.58. The maximum atomic E-state index is 13.4. The zero-order chi connectivity index (χ0) is 12.3. The van der Waals surface area contributed by atoms with Gasteiger partial charge in [-0.15, -0.1) is 0 Å². The Bertz CT molecular complexity index is 531. The molecule has 2 nitrogen and oxygen atoms in total. The van der Waals surface area contributed by atoms with Crippen molar-refractivity contribution in [1.82, 2.24) is 4.98 Å². The van der Waals surface area contributed by atoms with Crippen LogP contribution in [0.3, 0.4) is 0 Å². The molecule has 1 aromatic carbocycles. The van der Waals surface area contributed by atoms with Gasteiger partial charge in [0.25, 0.3) is 0 Å². The lowest BCUT2D eigenvalue weighted by Gasteiger charge is -2.07. The number of hydrogen-bond donors (Lipinski definition) is 0. The highest BCUT2D eigenvalue weighted by molar-refractivity contribution is 6.29. The van der Waals surface area contributed by atoms with Gasteiger partial charge in [-0.1, -0.05) is 23.7 Å². The number of aromatic nitrogens is 1. The monoisotopic (exact) mass is 251 g/mol. The lowest BCUT2D eigenvalue weighted by molar-refractivity contribution is 0.286. The summed E-state index contributed by atoms with van der Waals surface area (Å²) < 4.78 is 18.7. The number of pyridine rings is 1. The number of rotatable bonds is 3. The summed E-state index contributed by atoms with van der Waals surface area (Å²) in [5, 5.41) is 0.399. The van der Waals surface area contributed by atoms with E-state index in [9.17, 15) is 4.39 Å². The van der Waals surface area contributed by atoms with Crippen LogP contribution in [0.5, 0.6) is 5.75 Å². The first-order chi connectivity index (χ1) is 8.15. The molecule has 0 atom stereocenters. The van der Waals surface area contributed by atoms with E-state index in [1.54, 1.807) is 30.3 Å². The van der Waals surface area contributed by atoms with Crippen LogP contribution in [0, 0.1) is 12.7 Å². The van der Waals surface area contributed by atoms with Gasteiger partial charge in [0.1, 0.15) is 11.8 Å². The molecule has 1 heterocycles. The second-order valence-corrected chi connectivity index (χ2v) is 4.06. The van der Waals surface area contributed by atoms with Crippen LogP contribution in [0.4, 0.5) is 4.39 Å². The number of benzene rings is 1. The Morgan fingerprint density at radius 3 is 2.88 bits per heavy atom. The van der Waals surface area contributed by atoms with E-state index in [0.717, 1.165) is 5.56 Å². The maximum Gasteiger partial charge on any atom is 0.165 e. The summed E-state index contributed by atoms with van der Waals surface area (Å²) in [5.74, 6) is -0.149. The first kappa shape index (κ1) is 11.9. The van der Waals surface area contributed by atoms with Crippen molar-refractivity contribution in [3.8, 4) is 5.75 Å². The Hall–Kier alpha value is -1.61. The number of ether oxygens (including phenoxy) is 1. The minimum Gasteiger partial charge on any atom is -0.484 e. The fourth-order valence-electron chi connectivity index (χ4n) is 1.40. The van der Waals surface area contributed by atoms with Gasteiger partial charge in [-0.05, 0) is 36.8 Å². The summed E-state index contributed by atoms with van der Waals surface area (Å²) in [6, 6.07) is 9.97. The Morgan fingerprint density at radius 2 is 2.12 bits per heavy atom. The summed E-state index contributed by atoms with van der Waals surface area (Å²) >= 11 is 5.74. The van der Waals surface area contributed by atoms with E-state index < -0.39 is 0 Å². The number of nitrogens with zero attached hydrogens (tertiary/aromatic N) is 1. The second-order valence-electron chi connectivity index (χ2n) is 3.67. The number of hydrogen-bond acceptors (Lipinski definition) is 2. The van der Waals surface area contributed by atoms with Gasteiger partial charge in [-0.2, -0.15) is 0 Å². The fraction of sp³-hybridized carbons (Fsp3) is 0.154. The van der Waals surface area contributed by atoms with Crippen molar-refractivity contribution in [3.05, 3.63) is 58.6 Å². The van der Waals surface area contributed by atoms with E-state index in [-0.39, 0.29) is 18.2 Å². The van der Waals surface area contributed by atoms with E-state index >= 15 is 0 Å².